The minimum Gasteiger partial charge on any atom is -0.448 e. The summed E-state index contributed by atoms with van der Waals surface area (Å²) in [6.07, 6.45) is -2.84. The van der Waals surface area contributed by atoms with Gasteiger partial charge in [-0.2, -0.15) is 0 Å². The molecule has 12 heavy (non-hydrogen) atoms. The first-order chi connectivity index (χ1) is 5.59. The van der Waals surface area contributed by atoms with Gasteiger partial charge in [-0.25, -0.2) is 8.78 Å². The van der Waals surface area contributed by atoms with Crippen molar-refractivity contribution in [2.45, 2.75) is 18.9 Å². The lowest BCUT2D eigenvalue weighted by atomic mass is 10.2. The third kappa shape index (κ3) is 2.46. The Morgan fingerprint density at radius 3 is 2.58 bits per heavy atom. The SMILES string of the molecule is N[C@@H](CC(F)F)c1ccc(Cl)o1. The molecule has 0 saturated heterocycles. The van der Waals surface area contributed by atoms with Crippen molar-refractivity contribution >= 4 is 11.6 Å². The fourth-order valence-corrected chi connectivity index (χ4v) is 0.988. The van der Waals surface area contributed by atoms with Crippen molar-refractivity contribution in [1.29, 1.82) is 0 Å². The predicted octanol–water partition coefficient (Wildman–Crippen LogP) is 2.59. The van der Waals surface area contributed by atoms with Gasteiger partial charge in [-0.1, -0.05) is 0 Å². The highest BCUT2D eigenvalue weighted by Gasteiger charge is 2.15. The van der Waals surface area contributed by atoms with Crippen LogP contribution in [0.25, 0.3) is 0 Å². The summed E-state index contributed by atoms with van der Waals surface area (Å²) in [6.45, 7) is 0. The van der Waals surface area contributed by atoms with E-state index in [4.69, 9.17) is 21.8 Å². The van der Waals surface area contributed by atoms with Crippen LogP contribution in [-0.2, 0) is 0 Å². The maximum atomic E-state index is 11.8. The van der Waals surface area contributed by atoms with E-state index < -0.39 is 18.9 Å². The summed E-state index contributed by atoms with van der Waals surface area (Å²) in [4.78, 5) is 0. The van der Waals surface area contributed by atoms with Gasteiger partial charge in [0.1, 0.15) is 5.76 Å². The number of halogens is 3. The van der Waals surface area contributed by atoms with Gasteiger partial charge < -0.3 is 10.2 Å². The molecule has 0 bridgehead atoms. The molecule has 1 aromatic heterocycles. The Kier molecular flexibility index (Phi) is 3.05. The second-order valence-corrected chi connectivity index (χ2v) is 2.75. The third-order valence-corrected chi connectivity index (χ3v) is 1.59. The highest BCUT2D eigenvalue weighted by atomic mass is 35.5. The van der Waals surface area contributed by atoms with Crippen LogP contribution in [0.1, 0.15) is 18.2 Å². The second kappa shape index (κ2) is 3.87. The van der Waals surface area contributed by atoms with E-state index in [0.717, 1.165) is 0 Å². The molecular weight excluding hydrogens is 188 g/mol. The van der Waals surface area contributed by atoms with Gasteiger partial charge in [-0.3, -0.25) is 0 Å². The van der Waals surface area contributed by atoms with Gasteiger partial charge in [0.25, 0.3) is 0 Å². The largest absolute Gasteiger partial charge is 0.448 e. The normalized spacial score (nSPS) is 13.8. The van der Waals surface area contributed by atoms with Crippen molar-refractivity contribution < 1.29 is 13.2 Å². The summed E-state index contributed by atoms with van der Waals surface area (Å²) in [7, 11) is 0. The fourth-order valence-electron chi connectivity index (χ4n) is 0.836. The summed E-state index contributed by atoms with van der Waals surface area (Å²) >= 11 is 5.43. The first kappa shape index (κ1) is 9.48. The van der Waals surface area contributed by atoms with Gasteiger partial charge in [0.15, 0.2) is 5.22 Å². The molecule has 2 nitrogen and oxygen atoms in total. The summed E-state index contributed by atoms with van der Waals surface area (Å²) in [6, 6.07) is 2.19. The zero-order valence-electron chi connectivity index (χ0n) is 6.14. The number of hydrogen-bond acceptors (Lipinski definition) is 2. The molecule has 0 fully saturated rings. The lowest BCUT2D eigenvalue weighted by molar-refractivity contribution is 0.125. The van der Waals surface area contributed by atoms with Gasteiger partial charge in [0, 0.05) is 6.42 Å². The molecule has 0 aromatic carbocycles. The van der Waals surface area contributed by atoms with Crippen molar-refractivity contribution in [3.8, 4) is 0 Å². The van der Waals surface area contributed by atoms with Gasteiger partial charge in [-0.05, 0) is 23.7 Å². The number of furan rings is 1. The van der Waals surface area contributed by atoms with Crippen molar-refractivity contribution in [3.63, 3.8) is 0 Å². The molecule has 0 aliphatic heterocycles. The Labute approximate surface area is 73.3 Å². The van der Waals surface area contributed by atoms with Crippen LogP contribution in [0, 0.1) is 0 Å². The molecular formula is C7H8ClF2NO. The Morgan fingerprint density at radius 1 is 1.50 bits per heavy atom. The molecule has 2 N–H and O–H groups in total. The summed E-state index contributed by atoms with van der Waals surface area (Å²) in [5, 5.41) is 0.162. The number of rotatable bonds is 3. The van der Waals surface area contributed by atoms with E-state index >= 15 is 0 Å². The Morgan fingerprint density at radius 2 is 2.17 bits per heavy atom. The maximum absolute atomic E-state index is 11.8. The Bertz CT molecular complexity index is 251. The molecule has 1 heterocycles. The zero-order valence-corrected chi connectivity index (χ0v) is 6.89. The smallest absolute Gasteiger partial charge is 0.240 e. The molecule has 1 aromatic rings. The summed E-state index contributed by atoms with van der Waals surface area (Å²) < 4.78 is 28.5. The van der Waals surface area contributed by atoms with Crippen LogP contribution >= 0.6 is 11.6 Å². The fraction of sp³-hybridized carbons (Fsp3) is 0.429. The van der Waals surface area contributed by atoms with Gasteiger partial charge >= 0.3 is 0 Å². The van der Waals surface area contributed by atoms with Crippen molar-refractivity contribution in [1.82, 2.24) is 0 Å². The highest BCUT2D eigenvalue weighted by molar-refractivity contribution is 6.28. The number of nitrogens with two attached hydrogens (primary N) is 1. The molecule has 1 atom stereocenters. The van der Waals surface area contributed by atoms with Gasteiger partial charge in [-0.15, -0.1) is 0 Å². The molecule has 0 aliphatic carbocycles. The van der Waals surface area contributed by atoms with E-state index in [1.54, 1.807) is 0 Å². The van der Waals surface area contributed by atoms with Gasteiger partial charge in [0.05, 0.1) is 6.04 Å². The minimum atomic E-state index is -2.43. The molecule has 0 saturated carbocycles. The van der Waals surface area contributed by atoms with Crippen LogP contribution in [0.4, 0.5) is 8.78 Å². The van der Waals surface area contributed by atoms with Crippen molar-refractivity contribution in [2.24, 2.45) is 5.73 Å². The van der Waals surface area contributed by atoms with Crippen LogP contribution < -0.4 is 5.73 Å². The lowest BCUT2D eigenvalue weighted by Crippen LogP contribution is -2.12. The minimum absolute atomic E-state index is 0.162. The van der Waals surface area contributed by atoms with Crippen LogP contribution in [0.3, 0.4) is 0 Å². The van der Waals surface area contributed by atoms with Crippen LogP contribution in [0.5, 0.6) is 0 Å². The molecule has 0 aliphatic rings. The average Bonchev–Trinajstić information content (AvgIpc) is 2.34. The van der Waals surface area contributed by atoms with E-state index in [9.17, 15) is 8.78 Å². The molecule has 0 unspecified atom stereocenters. The van der Waals surface area contributed by atoms with Gasteiger partial charge in [0.2, 0.25) is 6.43 Å². The quantitative estimate of drug-likeness (QED) is 0.805. The van der Waals surface area contributed by atoms with E-state index in [2.05, 4.69) is 0 Å². The maximum Gasteiger partial charge on any atom is 0.240 e. The standard InChI is InChI=1S/C7H8ClF2NO/c8-6-2-1-5(12-6)4(11)3-7(9)10/h1-2,4,7H,3,11H2/t4-/m0/s1. The Hall–Kier alpha value is -0.610. The summed E-state index contributed by atoms with van der Waals surface area (Å²) in [5.74, 6) is 0.292. The summed E-state index contributed by atoms with van der Waals surface area (Å²) in [5.41, 5.74) is 5.38. The van der Waals surface area contributed by atoms with Crippen LogP contribution in [0.15, 0.2) is 16.5 Å². The molecule has 68 valence electrons. The van der Waals surface area contributed by atoms with E-state index in [1.807, 2.05) is 0 Å². The lowest BCUT2D eigenvalue weighted by Gasteiger charge is -2.06. The average molecular weight is 196 g/mol. The van der Waals surface area contributed by atoms with E-state index in [1.165, 1.54) is 12.1 Å². The first-order valence-electron chi connectivity index (χ1n) is 3.38. The monoisotopic (exact) mass is 195 g/mol. The first-order valence-corrected chi connectivity index (χ1v) is 3.76. The number of alkyl halides is 2. The van der Waals surface area contributed by atoms with Crippen molar-refractivity contribution in [2.75, 3.05) is 0 Å². The van der Waals surface area contributed by atoms with Crippen LogP contribution in [0.2, 0.25) is 5.22 Å². The highest BCUT2D eigenvalue weighted by Crippen LogP contribution is 2.22. The molecule has 1 rings (SSSR count). The van der Waals surface area contributed by atoms with E-state index in [0.29, 0.717) is 5.76 Å². The van der Waals surface area contributed by atoms with Crippen molar-refractivity contribution in [3.05, 3.63) is 23.1 Å². The second-order valence-electron chi connectivity index (χ2n) is 2.38. The Balaban J connectivity index is 2.58. The third-order valence-electron chi connectivity index (χ3n) is 1.39. The van der Waals surface area contributed by atoms with E-state index in [-0.39, 0.29) is 5.22 Å². The zero-order chi connectivity index (χ0) is 9.14. The predicted molar refractivity (Wildman–Crippen MR) is 41.3 cm³/mol. The molecule has 0 spiro atoms. The number of hydrogen-bond donors (Lipinski definition) is 1. The molecule has 0 amide bonds. The molecule has 5 heteroatoms. The topological polar surface area (TPSA) is 39.2 Å². The van der Waals surface area contributed by atoms with Crippen LogP contribution in [-0.4, -0.2) is 6.43 Å². The molecule has 0 radical (unpaired) electrons.